The summed E-state index contributed by atoms with van der Waals surface area (Å²) in [7, 11) is 0. The minimum absolute atomic E-state index is 0.137. The smallest absolute Gasteiger partial charge is 0.406 e. The molecule has 2 N–H and O–H groups in total. The van der Waals surface area contributed by atoms with Crippen molar-refractivity contribution in [1.29, 1.82) is 0 Å². The van der Waals surface area contributed by atoms with Gasteiger partial charge in [0, 0.05) is 5.41 Å². The Balaban J connectivity index is 2.99. The highest BCUT2D eigenvalue weighted by Gasteiger charge is 2.35. The van der Waals surface area contributed by atoms with E-state index in [1.807, 2.05) is 0 Å². The number of amides is 1. The number of carbonyl (C=O) groups excluding carboxylic acids is 1. The molecule has 0 aliphatic rings. The molecule has 0 bridgehead atoms. The van der Waals surface area contributed by atoms with Gasteiger partial charge in [-0.1, -0.05) is 20.8 Å². The zero-order valence-electron chi connectivity index (χ0n) is 11.7. The summed E-state index contributed by atoms with van der Waals surface area (Å²) in [6.07, 6.45) is -4.71. The number of aromatic nitrogens is 3. The topological polar surface area (TPSA) is 99.2 Å². The van der Waals surface area contributed by atoms with Crippen LogP contribution in [-0.4, -0.2) is 56.3 Å². The molecule has 1 heterocycles. The Kier molecular flexibility index (Phi) is 4.59. The Hall–Kier alpha value is -2.13. The SMILES string of the molecule is CC(C)(C)c1nc(C(=O)N(CC(=O)O)CC(F)(F)F)n[nH]1. The number of H-pyrrole nitrogens is 1. The lowest BCUT2D eigenvalue weighted by molar-refractivity contribution is -0.149. The molecule has 10 heteroatoms. The van der Waals surface area contributed by atoms with Gasteiger partial charge in [-0.25, -0.2) is 4.98 Å². The van der Waals surface area contributed by atoms with Crippen LogP contribution in [0.4, 0.5) is 13.2 Å². The van der Waals surface area contributed by atoms with Crippen LogP contribution in [0.25, 0.3) is 0 Å². The molecule has 0 radical (unpaired) electrons. The Labute approximate surface area is 118 Å². The quantitative estimate of drug-likeness (QED) is 0.870. The standard InChI is InChI=1S/C11H15F3N4O3/c1-10(2,3)9-15-7(16-17-9)8(21)18(4-6(19)20)5-11(12,13)14/h4-5H2,1-3H3,(H,19,20)(H,15,16,17). The molecule has 1 amide bonds. The van der Waals surface area contributed by atoms with Crippen LogP contribution in [0.2, 0.25) is 0 Å². The number of nitrogens with zero attached hydrogens (tertiary/aromatic N) is 3. The molecule has 1 rings (SSSR count). The number of alkyl halides is 3. The van der Waals surface area contributed by atoms with E-state index in [-0.39, 0.29) is 4.90 Å². The van der Waals surface area contributed by atoms with Crippen LogP contribution in [0.5, 0.6) is 0 Å². The summed E-state index contributed by atoms with van der Waals surface area (Å²) in [6.45, 7) is 2.54. The molecular weight excluding hydrogens is 293 g/mol. The van der Waals surface area contributed by atoms with Gasteiger partial charge in [0.1, 0.15) is 18.9 Å². The molecule has 0 unspecified atom stereocenters. The molecule has 0 aliphatic carbocycles. The van der Waals surface area contributed by atoms with Crippen molar-refractivity contribution in [3.05, 3.63) is 11.6 Å². The Morgan fingerprint density at radius 1 is 1.29 bits per heavy atom. The maximum Gasteiger partial charge on any atom is 0.406 e. The summed E-state index contributed by atoms with van der Waals surface area (Å²) in [4.78, 5) is 26.5. The van der Waals surface area contributed by atoms with Gasteiger partial charge in [0.25, 0.3) is 5.91 Å². The number of rotatable bonds is 4. The Morgan fingerprint density at radius 3 is 2.24 bits per heavy atom. The Morgan fingerprint density at radius 2 is 1.86 bits per heavy atom. The fourth-order valence-electron chi connectivity index (χ4n) is 1.41. The molecular formula is C11H15F3N4O3. The summed E-state index contributed by atoms with van der Waals surface area (Å²) >= 11 is 0. The minimum Gasteiger partial charge on any atom is -0.480 e. The second kappa shape index (κ2) is 5.70. The number of hydrogen-bond donors (Lipinski definition) is 2. The van der Waals surface area contributed by atoms with E-state index in [4.69, 9.17) is 5.11 Å². The van der Waals surface area contributed by atoms with Crippen LogP contribution in [0, 0.1) is 0 Å². The summed E-state index contributed by atoms with van der Waals surface area (Å²) in [5.41, 5.74) is -0.479. The van der Waals surface area contributed by atoms with Crippen molar-refractivity contribution in [2.75, 3.05) is 13.1 Å². The van der Waals surface area contributed by atoms with E-state index >= 15 is 0 Å². The second-order valence-corrected chi connectivity index (χ2v) is 5.43. The summed E-state index contributed by atoms with van der Waals surface area (Å²) in [5.74, 6) is -2.93. The molecule has 0 fully saturated rings. The maximum atomic E-state index is 12.4. The molecule has 0 spiro atoms. The van der Waals surface area contributed by atoms with E-state index in [1.165, 1.54) is 0 Å². The van der Waals surface area contributed by atoms with Crippen molar-refractivity contribution < 1.29 is 27.9 Å². The first-order chi connectivity index (χ1) is 9.40. The van der Waals surface area contributed by atoms with Crippen molar-refractivity contribution in [3.8, 4) is 0 Å². The van der Waals surface area contributed by atoms with Gasteiger partial charge in [-0.2, -0.15) is 13.2 Å². The van der Waals surface area contributed by atoms with Crippen LogP contribution >= 0.6 is 0 Å². The molecule has 0 saturated heterocycles. The first kappa shape index (κ1) is 16.9. The highest BCUT2D eigenvalue weighted by molar-refractivity contribution is 5.92. The van der Waals surface area contributed by atoms with Crippen molar-refractivity contribution in [2.45, 2.75) is 32.4 Å². The van der Waals surface area contributed by atoms with Gasteiger partial charge in [0.15, 0.2) is 0 Å². The number of hydrogen-bond acceptors (Lipinski definition) is 4. The molecule has 21 heavy (non-hydrogen) atoms. The normalized spacial score (nSPS) is 12.3. The largest absolute Gasteiger partial charge is 0.480 e. The van der Waals surface area contributed by atoms with E-state index in [2.05, 4.69) is 15.2 Å². The van der Waals surface area contributed by atoms with Gasteiger partial charge in [-0.3, -0.25) is 14.7 Å². The fraction of sp³-hybridized carbons (Fsp3) is 0.636. The lowest BCUT2D eigenvalue weighted by Crippen LogP contribution is -2.42. The van der Waals surface area contributed by atoms with Gasteiger partial charge < -0.3 is 10.0 Å². The van der Waals surface area contributed by atoms with Crippen molar-refractivity contribution in [3.63, 3.8) is 0 Å². The lowest BCUT2D eigenvalue weighted by Gasteiger charge is -2.20. The van der Waals surface area contributed by atoms with E-state index < -0.39 is 42.4 Å². The molecule has 118 valence electrons. The monoisotopic (exact) mass is 308 g/mol. The van der Waals surface area contributed by atoms with E-state index in [0.717, 1.165) is 0 Å². The third kappa shape index (κ3) is 5.04. The number of aromatic amines is 1. The lowest BCUT2D eigenvalue weighted by atomic mass is 9.96. The predicted octanol–water partition coefficient (Wildman–Crippen LogP) is 1.19. The van der Waals surface area contributed by atoms with Crippen molar-refractivity contribution in [1.82, 2.24) is 20.1 Å². The van der Waals surface area contributed by atoms with E-state index in [9.17, 15) is 22.8 Å². The van der Waals surface area contributed by atoms with E-state index in [1.54, 1.807) is 20.8 Å². The maximum absolute atomic E-state index is 12.4. The first-order valence-electron chi connectivity index (χ1n) is 5.91. The summed E-state index contributed by atoms with van der Waals surface area (Å²) in [5, 5.41) is 14.6. The zero-order chi connectivity index (χ0) is 16.4. The van der Waals surface area contributed by atoms with Gasteiger partial charge >= 0.3 is 12.1 Å². The second-order valence-electron chi connectivity index (χ2n) is 5.43. The number of aliphatic carboxylic acids is 1. The average Bonchev–Trinajstić information content (AvgIpc) is 2.73. The molecule has 0 atom stereocenters. The van der Waals surface area contributed by atoms with Crippen LogP contribution in [-0.2, 0) is 10.2 Å². The molecule has 0 aromatic carbocycles. The minimum atomic E-state index is -4.71. The molecule has 1 aromatic heterocycles. The third-order valence-electron chi connectivity index (χ3n) is 2.37. The van der Waals surface area contributed by atoms with Gasteiger partial charge in [-0.05, 0) is 0 Å². The average molecular weight is 308 g/mol. The van der Waals surface area contributed by atoms with Crippen molar-refractivity contribution in [2.24, 2.45) is 0 Å². The first-order valence-corrected chi connectivity index (χ1v) is 5.91. The van der Waals surface area contributed by atoms with Gasteiger partial charge in [0.05, 0.1) is 0 Å². The van der Waals surface area contributed by atoms with Crippen LogP contribution in [0.15, 0.2) is 0 Å². The number of carboxylic acids is 1. The molecule has 0 saturated carbocycles. The number of halogens is 3. The predicted molar refractivity (Wildman–Crippen MR) is 64.7 cm³/mol. The fourth-order valence-corrected chi connectivity index (χ4v) is 1.41. The van der Waals surface area contributed by atoms with Crippen LogP contribution in [0.1, 0.15) is 37.2 Å². The van der Waals surface area contributed by atoms with Crippen molar-refractivity contribution >= 4 is 11.9 Å². The molecule has 0 aliphatic heterocycles. The Bertz CT molecular complexity index is 534. The van der Waals surface area contributed by atoms with Crippen LogP contribution in [0.3, 0.4) is 0 Å². The summed E-state index contributed by atoms with van der Waals surface area (Å²) < 4.78 is 37.2. The van der Waals surface area contributed by atoms with E-state index in [0.29, 0.717) is 5.82 Å². The number of nitrogens with one attached hydrogen (secondary N) is 1. The number of carbonyl (C=O) groups is 2. The highest BCUT2D eigenvalue weighted by Crippen LogP contribution is 2.19. The summed E-state index contributed by atoms with van der Waals surface area (Å²) in [6, 6.07) is 0. The van der Waals surface area contributed by atoms with Gasteiger partial charge in [0.2, 0.25) is 5.82 Å². The molecule has 7 nitrogen and oxygen atoms in total. The highest BCUT2D eigenvalue weighted by atomic mass is 19.4. The van der Waals surface area contributed by atoms with Crippen LogP contribution < -0.4 is 0 Å². The molecule has 1 aromatic rings. The number of carboxylic acid groups (broad SMARTS) is 1. The van der Waals surface area contributed by atoms with Gasteiger partial charge in [-0.15, -0.1) is 5.10 Å². The third-order valence-corrected chi connectivity index (χ3v) is 2.37. The zero-order valence-corrected chi connectivity index (χ0v) is 11.7.